The maximum absolute atomic E-state index is 14.7. The van der Waals surface area contributed by atoms with Crippen molar-refractivity contribution in [1.29, 1.82) is 0 Å². The fraction of sp³-hybridized carbons (Fsp3) is 0.452. The minimum absolute atomic E-state index is 0.186. The zero-order valence-electron chi connectivity index (χ0n) is 22.7. The van der Waals surface area contributed by atoms with Crippen molar-refractivity contribution >= 4 is 23.5 Å². The van der Waals surface area contributed by atoms with Crippen LogP contribution in [0.15, 0.2) is 61.2 Å². The Morgan fingerprint density at radius 2 is 2.00 bits per heavy atom. The van der Waals surface area contributed by atoms with Crippen LogP contribution in [0.1, 0.15) is 42.5 Å². The third kappa shape index (κ3) is 4.26. The number of nitrogens with zero attached hydrogens (tertiary/aromatic N) is 2. The van der Waals surface area contributed by atoms with Crippen LogP contribution in [-0.4, -0.2) is 65.3 Å². The highest BCUT2D eigenvalue weighted by Gasteiger charge is 2.75. The maximum atomic E-state index is 14.7. The number of carbonyl (C=O) groups is 3. The molecule has 0 saturated carbocycles. The molecule has 5 rings (SSSR count). The summed E-state index contributed by atoms with van der Waals surface area (Å²) in [4.78, 5) is 45.3. The van der Waals surface area contributed by atoms with Gasteiger partial charge in [0.15, 0.2) is 0 Å². The minimum atomic E-state index is -1.20. The molecule has 1 N–H and O–H groups in total. The van der Waals surface area contributed by atoms with E-state index in [9.17, 15) is 19.5 Å². The molecular formula is C31H36N2O6. The first kappa shape index (κ1) is 27.1. The fourth-order valence-electron chi connectivity index (χ4n) is 6.84. The van der Waals surface area contributed by atoms with E-state index in [0.29, 0.717) is 18.4 Å². The molecule has 2 bridgehead atoms. The quantitative estimate of drug-likeness (QED) is 0.392. The summed E-state index contributed by atoms with van der Waals surface area (Å²) in [7, 11) is 0. The Morgan fingerprint density at radius 1 is 1.26 bits per heavy atom. The third-order valence-electron chi connectivity index (χ3n) is 8.46. The van der Waals surface area contributed by atoms with Gasteiger partial charge in [0.2, 0.25) is 5.91 Å². The Labute approximate surface area is 229 Å². The molecule has 6 atom stereocenters. The molecule has 2 aromatic rings. The Morgan fingerprint density at radius 3 is 2.67 bits per heavy atom. The number of esters is 1. The van der Waals surface area contributed by atoms with E-state index in [-0.39, 0.29) is 31.6 Å². The van der Waals surface area contributed by atoms with E-state index >= 15 is 0 Å². The maximum Gasteiger partial charge on any atom is 0.312 e. The number of fused-ring (bicyclic) bond motifs is 1. The number of aliphatic hydroxyl groups is 1. The molecule has 0 aliphatic carbocycles. The van der Waals surface area contributed by atoms with E-state index in [2.05, 4.69) is 6.58 Å². The largest absolute Gasteiger partial charge is 0.466 e. The molecule has 39 heavy (non-hydrogen) atoms. The fourth-order valence-corrected chi connectivity index (χ4v) is 6.84. The highest BCUT2D eigenvalue weighted by Crippen LogP contribution is 2.60. The van der Waals surface area contributed by atoms with Gasteiger partial charge in [0.05, 0.1) is 37.2 Å². The lowest BCUT2D eigenvalue weighted by Gasteiger charge is -2.39. The lowest BCUT2D eigenvalue weighted by molar-refractivity contribution is -0.155. The average molecular weight is 533 g/mol. The highest BCUT2D eigenvalue weighted by atomic mass is 16.6. The normalized spacial score (nSPS) is 27.8. The molecule has 3 fully saturated rings. The van der Waals surface area contributed by atoms with Crippen molar-refractivity contribution in [1.82, 2.24) is 4.90 Å². The summed E-state index contributed by atoms with van der Waals surface area (Å²) >= 11 is 0. The second-order valence-corrected chi connectivity index (χ2v) is 10.7. The van der Waals surface area contributed by atoms with Gasteiger partial charge in [-0.15, -0.1) is 6.58 Å². The second kappa shape index (κ2) is 10.6. The zero-order valence-corrected chi connectivity index (χ0v) is 22.7. The Bertz CT molecular complexity index is 1280. The van der Waals surface area contributed by atoms with Gasteiger partial charge in [-0.2, -0.15) is 0 Å². The summed E-state index contributed by atoms with van der Waals surface area (Å²) < 4.78 is 11.9. The number of hydrogen-bond acceptors (Lipinski definition) is 6. The molecule has 206 valence electrons. The van der Waals surface area contributed by atoms with Gasteiger partial charge in [0.1, 0.15) is 11.6 Å². The minimum Gasteiger partial charge on any atom is -0.466 e. The van der Waals surface area contributed by atoms with Crippen LogP contribution in [0.2, 0.25) is 0 Å². The lowest BCUT2D eigenvalue weighted by atomic mass is 9.70. The predicted molar refractivity (Wildman–Crippen MR) is 146 cm³/mol. The van der Waals surface area contributed by atoms with E-state index in [1.807, 2.05) is 62.4 Å². The van der Waals surface area contributed by atoms with Gasteiger partial charge >= 0.3 is 5.97 Å². The van der Waals surface area contributed by atoms with E-state index in [4.69, 9.17) is 9.47 Å². The Kier molecular flexibility index (Phi) is 7.35. The Hall–Kier alpha value is -3.49. The van der Waals surface area contributed by atoms with Crippen LogP contribution in [0.25, 0.3) is 0 Å². The summed E-state index contributed by atoms with van der Waals surface area (Å²) in [5, 5.41) is 10.6. The van der Waals surface area contributed by atoms with E-state index in [0.717, 1.165) is 16.8 Å². The number of aliphatic hydroxyl groups excluding tert-OH is 1. The van der Waals surface area contributed by atoms with E-state index in [1.54, 1.807) is 17.9 Å². The van der Waals surface area contributed by atoms with Gasteiger partial charge < -0.3 is 24.4 Å². The molecule has 1 spiro atoms. The predicted octanol–water partition coefficient (Wildman–Crippen LogP) is 3.49. The SMILES string of the molecule is C=CCN(C(=O)[C@H]1N([C@H](CO)c2ccccc2)C(=O)[C@@H]2[C@@H](C(=O)OCC)[C@H]3CC[C@]21O3)c1cc(C)ccc1C. The molecule has 3 saturated heterocycles. The first-order chi connectivity index (χ1) is 18.8. The second-order valence-electron chi connectivity index (χ2n) is 10.7. The number of carbonyl (C=O) groups excluding carboxylic acids is 3. The molecule has 3 aliphatic heterocycles. The van der Waals surface area contributed by atoms with Gasteiger partial charge in [0, 0.05) is 12.2 Å². The lowest BCUT2D eigenvalue weighted by Crippen LogP contribution is -2.57. The topological polar surface area (TPSA) is 96.4 Å². The molecular weight excluding hydrogens is 496 g/mol. The molecule has 2 amide bonds. The van der Waals surface area contributed by atoms with Crippen molar-refractivity contribution in [3.8, 4) is 0 Å². The van der Waals surface area contributed by atoms with E-state index in [1.165, 1.54) is 4.90 Å². The number of rotatable bonds is 9. The smallest absolute Gasteiger partial charge is 0.312 e. The van der Waals surface area contributed by atoms with Crippen molar-refractivity contribution in [2.45, 2.75) is 57.4 Å². The van der Waals surface area contributed by atoms with Gasteiger partial charge in [-0.1, -0.05) is 48.5 Å². The van der Waals surface area contributed by atoms with Crippen LogP contribution in [-0.2, 0) is 23.9 Å². The number of ether oxygens (including phenoxy) is 2. The molecule has 8 nitrogen and oxygen atoms in total. The number of amides is 2. The first-order valence-corrected chi connectivity index (χ1v) is 13.6. The summed E-state index contributed by atoms with van der Waals surface area (Å²) in [6.07, 6.45) is 2.17. The van der Waals surface area contributed by atoms with Crippen molar-refractivity contribution in [3.63, 3.8) is 0 Å². The van der Waals surface area contributed by atoms with Crippen molar-refractivity contribution < 1.29 is 29.0 Å². The summed E-state index contributed by atoms with van der Waals surface area (Å²) in [5.74, 6) is -2.83. The number of anilines is 1. The van der Waals surface area contributed by atoms with Crippen molar-refractivity contribution in [3.05, 3.63) is 77.9 Å². The zero-order chi connectivity index (χ0) is 27.9. The Balaban J connectivity index is 1.66. The molecule has 8 heteroatoms. The standard InChI is InChI=1S/C31H36N2O6/c1-5-16-32(22-17-19(3)12-13-20(22)4)29(36)27-31-15-14-24(39-31)25(30(37)38-6-2)26(31)28(35)33(27)23(18-34)21-10-8-7-9-11-21/h5,7-13,17,23-27,34H,1,6,14-16,18H2,2-4H3/t23-,24-,25+,26+,27-,31+/m1/s1. The van der Waals surface area contributed by atoms with Gasteiger partial charge in [-0.3, -0.25) is 14.4 Å². The monoisotopic (exact) mass is 532 g/mol. The molecule has 3 aliphatic rings. The highest BCUT2D eigenvalue weighted by molar-refractivity contribution is 6.05. The molecule has 0 radical (unpaired) electrons. The van der Waals surface area contributed by atoms with Crippen LogP contribution in [0, 0.1) is 25.7 Å². The summed E-state index contributed by atoms with van der Waals surface area (Å²) in [5.41, 5.74) is 2.12. The number of benzene rings is 2. The molecule has 2 aromatic carbocycles. The number of likely N-dealkylation sites (tertiary alicyclic amines) is 1. The van der Waals surface area contributed by atoms with Crippen LogP contribution in [0.5, 0.6) is 0 Å². The van der Waals surface area contributed by atoms with Crippen LogP contribution in [0.4, 0.5) is 5.69 Å². The van der Waals surface area contributed by atoms with Crippen LogP contribution in [0.3, 0.4) is 0 Å². The molecule has 0 aromatic heterocycles. The van der Waals surface area contributed by atoms with Crippen LogP contribution < -0.4 is 4.90 Å². The van der Waals surface area contributed by atoms with Crippen molar-refractivity contribution in [2.75, 3.05) is 24.7 Å². The average Bonchev–Trinajstić information content (AvgIpc) is 3.57. The van der Waals surface area contributed by atoms with Crippen molar-refractivity contribution in [2.24, 2.45) is 11.8 Å². The molecule has 3 heterocycles. The van der Waals surface area contributed by atoms with Gasteiger partial charge in [-0.05, 0) is 56.4 Å². The van der Waals surface area contributed by atoms with E-state index < -0.39 is 41.6 Å². The third-order valence-corrected chi connectivity index (χ3v) is 8.46. The van der Waals surface area contributed by atoms with Gasteiger partial charge in [0.25, 0.3) is 5.91 Å². The summed E-state index contributed by atoms with van der Waals surface area (Å²) in [6.45, 7) is 9.53. The van der Waals surface area contributed by atoms with Gasteiger partial charge in [-0.25, -0.2) is 0 Å². The summed E-state index contributed by atoms with van der Waals surface area (Å²) in [6, 6.07) is 13.2. The number of aryl methyl sites for hydroxylation is 2. The molecule has 0 unspecified atom stereocenters. The van der Waals surface area contributed by atoms with Crippen LogP contribution >= 0.6 is 0 Å². The number of hydrogen-bond donors (Lipinski definition) is 1. The first-order valence-electron chi connectivity index (χ1n) is 13.6.